The van der Waals surface area contributed by atoms with Gasteiger partial charge in [-0.15, -0.1) is 6.42 Å². The van der Waals surface area contributed by atoms with E-state index >= 15 is 0 Å². The number of hydrogen-bond donors (Lipinski definition) is 2. The molecular formula is C15H16O6. The summed E-state index contributed by atoms with van der Waals surface area (Å²) >= 11 is 0. The first-order chi connectivity index (χ1) is 10.0. The summed E-state index contributed by atoms with van der Waals surface area (Å²) in [6.45, 7) is -0.300. The second-order valence-electron chi connectivity index (χ2n) is 4.61. The van der Waals surface area contributed by atoms with Gasteiger partial charge < -0.3 is 24.4 Å². The molecule has 1 fully saturated rings. The van der Waals surface area contributed by atoms with Crippen molar-refractivity contribution >= 4 is 5.97 Å². The number of rotatable bonds is 4. The number of methoxy groups -OCH3 is 1. The molecule has 6 heteroatoms. The van der Waals surface area contributed by atoms with Gasteiger partial charge in [0.1, 0.15) is 18.8 Å². The maximum atomic E-state index is 11.8. The quantitative estimate of drug-likeness (QED) is 0.597. The lowest BCUT2D eigenvalue weighted by atomic mass is 9.94. The first-order valence-electron chi connectivity index (χ1n) is 6.31. The third kappa shape index (κ3) is 2.91. The van der Waals surface area contributed by atoms with Crippen LogP contribution < -0.4 is 0 Å². The van der Waals surface area contributed by atoms with E-state index in [1.165, 1.54) is 7.11 Å². The van der Waals surface area contributed by atoms with E-state index in [0.29, 0.717) is 5.56 Å². The lowest BCUT2D eigenvalue weighted by Crippen LogP contribution is -2.48. The molecule has 1 heterocycles. The molecule has 0 aromatic heterocycles. The van der Waals surface area contributed by atoms with E-state index in [-0.39, 0.29) is 6.61 Å². The van der Waals surface area contributed by atoms with Crippen LogP contribution in [0, 0.1) is 12.3 Å². The van der Waals surface area contributed by atoms with Crippen molar-refractivity contribution in [3.63, 3.8) is 0 Å². The van der Waals surface area contributed by atoms with Crippen molar-refractivity contribution in [3.8, 4) is 12.3 Å². The van der Waals surface area contributed by atoms with Crippen molar-refractivity contribution in [2.24, 2.45) is 0 Å². The van der Waals surface area contributed by atoms with E-state index in [9.17, 15) is 15.0 Å². The highest BCUT2D eigenvalue weighted by Crippen LogP contribution is 2.31. The van der Waals surface area contributed by atoms with E-state index in [2.05, 4.69) is 5.92 Å². The first-order valence-corrected chi connectivity index (χ1v) is 6.31. The minimum atomic E-state index is -1.97. The summed E-state index contributed by atoms with van der Waals surface area (Å²) in [5.41, 5.74) is -1.61. The molecule has 2 N–H and O–H groups in total. The lowest BCUT2D eigenvalue weighted by molar-refractivity contribution is -0.153. The van der Waals surface area contributed by atoms with Crippen LogP contribution in [0.1, 0.15) is 10.4 Å². The Labute approximate surface area is 122 Å². The fraction of sp³-hybridized carbons (Fsp3) is 0.400. The fourth-order valence-corrected chi connectivity index (χ4v) is 2.08. The number of ether oxygens (including phenoxy) is 3. The molecule has 1 unspecified atom stereocenters. The average Bonchev–Trinajstić information content (AvgIpc) is 2.78. The number of esters is 1. The highest BCUT2D eigenvalue weighted by molar-refractivity contribution is 5.89. The molecule has 1 aliphatic heterocycles. The first kappa shape index (κ1) is 15.5. The minimum absolute atomic E-state index is 0.300. The predicted molar refractivity (Wildman–Crippen MR) is 72.2 cm³/mol. The number of benzene rings is 1. The van der Waals surface area contributed by atoms with Crippen LogP contribution in [-0.4, -0.2) is 54.0 Å². The summed E-state index contributed by atoms with van der Waals surface area (Å²) in [5, 5.41) is 20.1. The SMILES string of the molecule is C#C[C@@]1(O)[C@@H](COC(=O)c2ccccc2)OC(OC)[C@@H]1O. The minimum Gasteiger partial charge on any atom is -0.459 e. The molecule has 6 nitrogen and oxygen atoms in total. The van der Waals surface area contributed by atoms with Crippen molar-refractivity contribution in [3.05, 3.63) is 35.9 Å². The Hall–Kier alpha value is -1.91. The molecule has 21 heavy (non-hydrogen) atoms. The largest absolute Gasteiger partial charge is 0.459 e. The number of aliphatic hydroxyl groups excluding tert-OH is 1. The Balaban J connectivity index is 2.03. The molecule has 0 amide bonds. The van der Waals surface area contributed by atoms with Gasteiger partial charge in [0.05, 0.1) is 5.56 Å². The van der Waals surface area contributed by atoms with Crippen molar-refractivity contribution in [2.45, 2.75) is 24.1 Å². The van der Waals surface area contributed by atoms with Gasteiger partial charge >= 0.3 is 5.97 Å². The number of terminal acetylenes is 1. The molecule has 0 saturated carbocycles. The molecule has 1 aliphatic rings. The summed E-state index contributed by atoms with van der Waals surface area (Å²) in [6.07, 6.45) is 1.67. The van der Waals surface area contributed by atoms with E-state index in [1.54, 1.807) is 30.3 Å². The van der Waals surface area contributed by atoms with Crippen molar-refractivity contribution in [1.82, 2.24) is 0 Å². The Morgan fingerprint density at radius 3 is 2.71 bits per heavy atom. The molecule has 2 rings (SSSR count). The van der Waals surface area contributed by atoms with E-state index in [1.807, 2.05) is 0 Å². The molecule has 0 spiro atoms. The molecular weight excluding hydrogens is 276 g/mol. The van der Waals surface area contributed by atoms with Gasteiger partial charge in [-0.2, -0.15) is 0 Å². The van der Waals surface area contributed by atoms with Crippen LogP contribution in [0.25, 0.3) is 0 Å². The third-order valence-corrected chi connectivity index (χ3v) is 3.34. The van der Waals surface area contributed by atoms with Gasteiger partial charge in [-0.25, -0.2) is 4.79 Å². The highest BCUT2D eigenvalue weighted by Gasteiger charge is 2.55. The Morgan fingerprint density at radius 1 is 1.48 bits per heavy atom. The Morgan fingerprint density at radius 2 is 2.14 bits per heavy atom. The van der Waals surface area contributed by atoms with Crippen molar-refractivity contribution < 1.29 is 29.2 Å². The molecule has 0 radical (unpaired) electrons. The van der Waals surface area contributed by atoms with Crippen LogP contribution in [0.5, 0.6) is 0 Å². The van der Waals surface area contributed by atoms with Crippen molar-refractivity contribution in [2.75, 3.05) is 13.7 Å². The number of carbonyl (C=O) groups is 1. The fourth-order valence-electron chi connectivity index (χ4n) is 2.08. The normalized spacial score (nSPS) is 31.6. The standard InChI is InChI=1S/C15H16O6/c1-3-15(18)11(21-14(19-2)12(15)16)9-20-13(17)10-7-5-4-6-8-10/h1,4-8,11-12,14,16,18H,9H2,2H3/t11-,12+,14?,15-/m1/s1. The highest BCUT2D eigenvalue weighted by atomic mass is 16.7. The summed E-state index contributed by atoms with van der Waals surface area (Å²) in [4.78, 5) is 11.8. The lowest BCUT2D eigenvalue weighted by Gasteiger charge is -2.24. The number of hydrogen-bond acceptors (Lipinski definition) is 6. The zero-order valence-electron chi connectivity index (χ0n) is 11.4. The predicted octanol–water partition coefficient (Wildman–Crippen LogP) is -0.0601. The van der Waals surface area contributed by atoms with E-state index < -0.39 is 30.1 Å². The van der Waals surface area contributed by atoms with Gasteiger partial charge in [0.15, 0.2) is 11.9 Å². The second kappa shape index (κ2) is 6.24. The van der Waals surface area contributed by atoms with Gasteiger partial charge in [-0.1, -0.05) is 24.1 Å². The van der Waals surface area contributed by atoms with Gasteiger partial charge in [0.2, 0.25) is 0 Å². The van der Waals surface area contributed by atoms with Gasteiger partial charge in [0.25, 0.3) is 0 Å². The Bertz CT molecular complexity index is 537. The zero-order chi connectivity index (χ0) is 15.5. The summed E-state index contributed by atoms with van der Waals surface area (Å²) < 4.78 is 15.2. The Kier molecular flexibility index (Phi) is 4.60. The number of carbonyl (C=O) groups excluding carboxylic acids is 1. The van der Waals surface area contributed by atoms with Crippen LogP contribution in [-0.2, 0) is 14.2 Å². The average molecular weight is 292 g/mol. The van der Waals surface area contributed by atoms with Gasteiger partial charge in [-0.05, 0) is 12.1 Å². The smallest absolute Gasteiger partial charge is 0.338 e. The van der Waals surface area contributed by atoms with Crippen LogP contribution in [0.4, 0.5) is 0 Å². The van der Waals surface area contributed by atoms with Gasteiger partial charge in [0, 0.05) is 7.11 Å². The number of aliphatic hydroxyl groups is 2. The van der Waals surface area contributed by atoms with Crippen molar-refractivity contribution in [1.29, 1.82) is 0 Å². The molecule has 4 atom stereocenters. The maximum absolute atomic E-state index is 11.8. The molecule has 1 saturated heterocycles. The summed E-state index contributed by atoms with van der Waals surface area (Å²) in [5.74, 6) is 1.50. The molecule has 1 aromatic rings. The van der Waals surface area contributed by atoms with Crippen LogP contribution >= 0.6 is 0 Å². The zero-order valence-corrected chi connectivity index (χ0v) is 11.4. The molecule has 1 aromatic carbocycles. The molecule has 0 aliphatic carbocycles. The van der Waals surface area contributed by atoms with Crippen LogP contribution in [0.2, 0.25) is 0 Å². The maximum Gasteiger partial charge on any atom is 0.338 e. The third-order valence-electron chi connectivity index (χ3n) is 3.34. The summed E-state index contributed by atoms with van der Waals surface area (Å²) in [7, 11) is 1.31. The van der Waals surface area contributed by atoms with Crippen LogP contribution in [0.15, 0.2) is 30.3 Å². The van der Waals surface area contributed by atoms with Crippen LogP contribution in [0.3, 0.4) is 0 Å². The van der Waals surface area contributed by atoms with Gasteiger partial charge in [-0.3, -0.25) is 0 Å². The topological polar surface area (TPSA) is 85.2 Å². The molecule has 0 bridgehead atoms. The molecule has 112 valence electrons. The monoisotopic (exact) mass is 292 g/mol. The van der Waals surface area contributed by atoms with E-state index in [4.69, 9.17) is 20.6 Å². The second-order valence-corrected chi connectivity index (χ2v) is 4.61. The summed E-state index contributed by atoms with van der Waals surface area (Å²) in [6, 6.07) is 8.36. The van der Waals surface area contributed by atoms with E-state index in [0.717, 1.165) is 0 Å².